The molecule has 132 valence electrons. The predicted molar refractivity (Wildman–Crippen MR) is 88.0 cm³/mol. The third-order valence-corrected chi connectivity index (χ3v) is 5.88. The fourth-order valence-corrected chi connectivity index (χ4v) is 4.07. The van der Waals surface area contributed by atoms with Crippen molar-refractivity contribution >= 4 is 21.9 Å². The molecule has 0 saturated carbocycles. The van der Waals surface area contributed by atoms with Gasteiger partial charge < -0.3 is 10.1 Å². The van der Waals surface area contributed by atoms with Crippen molar-refractivity contribution in [2.24, 2.45) is 0 Å². The summed E-state index contributed by atoms with van der Waals surface area (Å²) in [5.74, 6) is -1.01. The van der Waals surface area contributed by atoms with Crippen LogP contribution < -0.4 is 5.32 Å². The quantitative estimate of drug-likeness (QED) is 0.801. The summed E-state index contributed by atoms with van der Waals surface area (Å²) in [6, 6.07) is 4.94. The van der Waals surface area contributed by atoms with Crippen LogP contribution in [0.4, 0.5) is 0 Å². The van der Waals surface area contributed by atoms with Crippen LogP contribution in [0.3, 0.4) is 0 Å². The minimum atomic E-state index is -3.52. The zero-order chi connectivity index (χ0) is 17.7. The number of esters is 1. The third kappa shape index (κ3) is 4.12. The van der Waals surface area contributed by atoms with Crippen LogP contribution in [0.15, 0.2) is 29.2 Å². The van der Waals surface area contributed by atoms with E-state index in [9.17, 15) is 18.0 Å². The Kier molecular flexibility index (Phi) is 5.95. The summed E-state index contributed by atoms with van der Waals surface area (Å²) in [7, 11) is -2.28. The molecule has 0 spiro atoms. The Hall–Kier alpha value is -1.93. The van der Waals surface area contributed by atoms with Gasteiger partial charge in [0.1, 0.15) is 6.04 Å². The minimum Gasteiger partial charge on any atom is -0.467 e. The number of carbonyl (C=O) groups is 2. The molecule has 1 aliphatic rings. The minimum absolute atomic E-state index is 0.168. The molecule has 1 aromatic rings. The molecule has 1 amide bonds. The van der Waals surface area contributed by atoms with Gasteiger partial charge in [0.25, 0.3) is 5.91 Å². The maximum Gasteiger partial charge on any atom is 0.328 e. The van der Waals surface area contributed by atoms with E-state index in [1.54, 1.807) is 0 Å². The van der Waals surface area contributed by atoms with Crippen LogP contribution in [-0.2, 0) is 19.6 Å². The van der Waals surface area contributed by atoms with Gasteiger partial charge in [0.15, 0.2) is 0 Å². The lowest BCUT2D eigenvalue weighted by Crippen LogP contribution is -2.39. The number of hydrogen-bond acceptors (Lipinski definition) is 5. The Balaban J connectivity index is 2.09. The molecule has 1 unspecified atom stereocenters. The van der Waals surface area contributed by atoms with E-state index in [2.05, 4.69) is 10.1 Å². The lowest BCUT2D eigenvalue weighted by Gasteiger charge is -2.25. The van der Waals surface area contributed by atoms with Gasteiger partial charge in [-0.2, -0.15) is 4.31 Å². The van der Waals surface area contributed by atoms with Gasteiger partial charge >= 0.3 is 5.97 Å². The maximum absolute atomic E-state index is 12.5. The number of rotatable bonds is 5. The summed E-state index contributed by atoms with van der Waals surface area (Å²) in [5.41, 5.74) is 0.281. The van der Waals surface area contributed by atoms with Gasteiger partial charge in [-0.15, -0.1) is 0 Å². The Morgan fingerprint density at radius 1 is 1.12 bits per heavy atom. The van der Waals surface area contributed by atoms with Gasteiger partial charge in [0, 0.05) is 18.7 Å². The number of amides is 1. The standard InChI is InChI=1S/C16H22N2O5S/c1-12(16(20)23-2)17-15(19)13-6-8-14(9-7-13)24(21,22)18-10-4-3-5-11-18/h6-9,12H,3-5,10-11H2,1-2H3,(H,17,19). The summed E-state index contributed by atoms with van der Waals surface area (Å²) in [4.78, 5) is 23.5. The van der Waals surface area contributed by atoms with Crippen molar-refractivity contribution in [1.82, 2.24) is 9.62 Å². The molecule has 1 aliphatic heterocycles. The van der Waals surface area contributed by atoms with Gasteiger partial charge in [0.2, 0.25) is 10.0 Å². The van der Waals surface area contributed by atoms with Crippen LogP contribution >= 0.6 is 0 Å². The van der Waals surface area contributed by atoms with Crippen LogP contribution in [0.25, 0.3) is 0 Å². The first-order valence-electron chi connectivity index (χ1n) is 7.85. The topological polar surface area (TPSA) is 92.8 Å². The van der Waals surface area contributed by atoms with E-state index in [0.717, 1.165) is 19.3 Å². The van der Waals surface area contributed by atoms with E-state index in [1.165, 1.54) is 42.6 Å². The summed E-state index contributed by atoms with van der Waals surface area (Å²) in [6.07, 6.45) is 2.78. The van der Waals surface area contributed by atoms with Gasteiger partial charge in [0.05, 0.1) is 12.0 Å². The van der Waals surface area contributed by atoms with Gasteiger partial charge in [-0.05, 0) is 44.0 Å². The molecule has 1 N–H and O–H groups in total. The molecular formula is C16H22N2O5S. The van der Waals surface area contributed by atoms with Crippen LogP contribution in [0.1, 0.15) is 36.5 Å². The van der Waals surface area contributed by atoms with Gasteiger partial charge in [-0.3, -0.25) is 4.79 Å². The second-order valence-corrected chi connectivity index (χ2v) is 7.65. The first-order valence-corrected chi connectivity index (χ1v) is 9.29. The Morgan fingerprint density at radius 3 is 2.25 bits per heavy atom. The molecule has 0 radical (unpaired) electrons. The van der Waals surface area contributed by atoms with E-state index in [-0.39, 0.29) is 10.5 Å². The van der Waals surface area contributed by atoms with E-state index in [4.69, 9.17) is 0 Å². The SMILES string of the molecule is COC(=O)C(C)NC(=O)c1ccc(S(=O)(=O)N2CCCCC2)cc1. The van der Waals surface area contributed by atoms with Crippen molar-refractivity contribution in [3.63, 3.8) is 0 Å². The van der Waals surface area contributed by atoms with Crippen LogP contribution in [0.2, 0.25) is 0 Å². The predicted octanol–water partition coefficient (Wildman–Crippen LogP) is 1.15. The van der Waals surface area contributed by atoms with Crippen molar-refractivity contribution in [3.8, 4) is 0 Å². The molecule has 1 saturated heterocycles. The average molecular weight is 354 g/mol. The molecule has 2 rings (SSSR count). The molecule has 1 fully saturated rings. The number of hydrogen-bond donors (Lipinski definition) is 1. The Bertz CT molecular complexity index is 694. The number of carbonyl (C=O) groups excluding carboxylic acids is 2. The molecule has 0 bridgehead atoms. The normalized spacial score (nSPS) is 17.1. The van der Waals surface area contributed by atoms with E-state index in [1.807, 2.05) is 0 Å². The van der Waals surface area contributed by atoms with Crippen LogP contribution in [0, 0.1) is 0 Å². The lowest BCUT2D eigenvalue weighted by atomic mass is 10.2. The zero-order valence-electron chi connectivity index (χ0n) is 13.8. The maximum atomic E-state index is 12.5. The Morgan fingerprint density at radius 2 is 1.71 bits per heavy atom. The van der Waals surface area contributed by atoms with Crippen LogP contribution in [-0.4, -0.2) is 50.8 Å². The van der Waals surface area contributed by atoms with Crippen molar-refractivity contribution in [2.45, 2.75) is 37.1 Å². The number of benzene rings is 1. The monoisotopic (exact) mass is 354 g/mol. The molecule has 24 heavy (non-hydrogen) atoms. The smallest absolute Gasteiger partial charge is 0.328 e. The molecule has 1 heterocycles. The molecule has 0 aromatic heterocycles. The number of nitrogens with one attached hydrogen (secondary N) is 1. The fraction of sp³-hybridized carbons (Fsp3) is 0.500. The molecular weight excluding hydrogens is 332 g/mol. The number of ether oxygens (including phenoxy) is 1. The fourth-order valence-electron chi connectivity index (χ4n) is 2.55. The van der Waals surface area contributed by atoms with Gasteiger partial charge in [-0.25, -0.2) is 13.2 Å². The number of methoxy groups -OCH3 is 1. The largest absolute Gasteiger partial charge is 0.467 e. The van der Waals surface area contributed by atoms with Crippen LogP contribution in [0.5, 0.6) is 0 Å². The zero-order valence-corrected chi connectivity index (χ0v) is 14.6. The van der Waals surface area contributed by atoms with Gasteiger partial charge in [-0.1, -0.05) is 6.42 Å². The first-order chi connectivity index (χ1) is 11.4. The average Bonchev–Trinajstić information content (AvgIpc) is 2.61. The summed E-state index contributed by atoms with van der Waals surface area (Å²) >= 11 is 0. The van der Waals surface area contributed by atoms with Crippen molar-refractivity contribution < 1.29 is 22.7 Å². The van der Waals surface area contributed by atoms with E-state index >= 15 is 0 Å². The number of piperidine rings is 1. The molecule has 8 heteroatoms. The van der Waals surface area contributed by atoms with E-state index < -0.39 is 27.9 Å². The molecule has 1 atom stereocenters. The molecule has 1 aromatic carbocycles. The second kappa shape index (κ2) is 7.76. The number of nitrogens with zero attached hydrogens (tertiary/aromatic N) is 1. The highest BCUT2D eigenvalue weighted by Crippen LogP contribution is 2.20. The first kappa shape index (κ1) is 18.4. The second-order valence-electron chi connectivity index (χ2n) is 5.71. The number of sulfonamides is 1. The van der Waals surface area contributed by atoms with Crippen molar-refractivity contribution in [2.75, 3.05) is 20.2 Å². The Labute approximate surface area is 142 Å². The highest BCUT2D eigenvalue weighted by molar-refractivity contribution is 7.89. The molecule has 0 aliphatic carbocycles. The van der Waals surface area contributed by atoms with Crippen molar-refractivity contribution in [3.05, 3.63) is 29.8 Å². The van der Waals surface area contributed by atoms with Crippen molar-refractivity contribution in [1.29, 1.82) is 0 Å². The van der Waals surface area contributed by atoms with E-state index in [0.29, 0.717) is 13.1 Å². The lowest BCUT2D eigenvalue weighted by molar-refractivity contribution is -0.142. The highest BCUT2D eigenvalue weighted by atomic mass is 32.2. The molecule has 7 nitrogen and oxygen atoms in total. The summed E-state index contributed by atoms with van der Waals surface area (Å²) in [5, 5.41) is 2.50. The summed E-state index contributed by atoms with van der Waals surface area (Å²) < 4.78 is 31.1. The summed E-state index contributed by atoms with van der Waals surface area (Å²) in [6.45, 7) is 2.57. The third-order valence-electron chi connectivity index (χ3n) is 3.97. The highest BCUT2D eigenvalue weighted by Gasteiger charge is 2.26.